The highest BCUT2D eigenvalue weighted by Gasteiger charge is 2.13. The van der Waals surface area contributed by atoms with Gasteiger partial charge in [-0.2, -0.15) is 0 Å². The Morgan fingerprint density at radius 2 is 2.00 bits per heavy atom. The summed E-state index contributed by atoms with van der Waals surface area (Å²) in [6, 6.07) is 7.31. The zero-order chi connectivity index (χ0) is 14.0. The molecule has 0 aliphatic carbocycles. The molecule has 0 radical (unpaired) electrons. The summed E-state index contributed by atoms with van der Waals surface area (Å²) in [4.78, 5) is 16.1. The summed E-state index contributed by atoms with van der Waals surface area (Å²) in [5.74, 6) is -0.292. The highest BCUT2D eigenvalue weighted by atomic mass is 79.9. The molecule has 6 heteroatoms. The average Bonchev–Trinajstić information content (AvgIpc) is 2.36. The first-order valence-electron chi connectivity index (χ1n) is 5.36. The number of hydrogen-bond acceptors (Lipinski definition) is 2. The van der Waals surface area contributed by atoms with Gasteiger partial charge in [0.05, 0.1) is 5.56 Å². The molecule has 0 saturated carbocycles. The third-order valence-corrected chi connectivity index (χ3v) is 3.73. The van der Waals surface area contributed by atoms with Gasteiger partial charge in [-0.05, 0) is 46.6 Å². The summed E-state index contributed by atoms with van der Waals surface area (Å²) in [5, 5.41) is 3.00. The van der Waals surface area contributed by atoms with Gasteiger partial charge in [-0.15, -0.1) is 0 Å². The van der Waals surface area contributed by atoms with Gasteiger partial charge >= 0.3 is 0 Å². The molecule has 0 bridgehead atoms. The van der Waals surface area contributed by atoms with Gasteiger partial charge in [0.15, 0.2) is 0 Å². The second kappa shape index (κ2) is 6.03. The monoisotopic (exact) mass is 402 g/mol. The molecule has 98 valence electrons. The van der Waals surface area contributed by atoms with Crippen LogP contribution in [0, 0.1) is 6.92 Å². The molecule has 2 aromatic rings. The topological polar surface area (TPSA) is 42.0 Å². The number of amides is 1. The molecular formula is C13H9Br2ClN2O. The summed E-state index contributed by atoms with van der Waals surface area (Å²) >= 11 is 12.6. The molecule has 19 heavy (non-hydrogen) atoms. The highest BCUT2D eigenvalue weighted by molar-refractivity contribution is 9.10. The van der Waals surface area contributed by atoms with Gasteiger partial charge in [-0.25, -0.2) is 4.98 Å². The largest absolute Gasteiger partial charge is 0.322 e. The van der Waals surface area contributed by atoms with E-state index in [1.54, 1.807) is 12.3 Å². The van der Waals surface area contributed by atoms with Crippen LogP contribution in [0.4, 0.5) is 5.69 Å². The van der Waals surface area contributed by atoms with Crippen molar-refractivity contribution in [3.8, 4) is 0 Å². The average molecular weight is 404 g/mol. The zero-order valence-corrected chi connectivity index (χ0v) is 13.8. The Morgan fingerprint density at radius 1 is 1.26 bits per heavy atom. The van der Waals surface area contributed by atoms with Crippen LogP contribution in [0.25, 0.3) is 0 Å². The number of aryl methyl sites for hydroxylation is 1. The van der Waals surface area contributed by atoms with Crippen LogP contribution < -0.4 is 5.32 Å². The van der Waals surface area contributed by atoms with Crippen molar-refractivity contribution >= 4 is 55.1 Å². The van der Waals surface area contributed by atoms with Gasteiger partial charge in [0.25, 0.3) is 5.91 Å². The minimum Gasteiger partial charge on any atom is -0.322 e. The van der Waals surface area contributed by atoms with E-state index in [9.17, 15) is 4.79 Å². The fourth-order valence-corrected chi connectivity index (χ4v) is 2.38. The van der Waals surface area contributed by atoms with Crippen molar-refractivity contribution in [3.63, 3.8) is 0 Å². The Balaban J connectivity index is 2.30. The van der Waals surface area contributed by atoms with E-state index in [1.165, 1.54) is 0 Å². The lowest BCUT2D eigenvalue weighted by Crippen LogP contribution is -2.14. The Hall–Kier alpha value is -0.910. The van der Waals surface area contributed by atoms with E-state index in [1.807, 2.05) is 25.1 Å². The van der Waals surface area contributed by atoms with E-state index in [0.29, 0.717) is 10.0 Å². The molecule has 0 atom stereocenters. The van der Waals surface area contributed by atoms with Crippen molar-refractivity contribution in [2.45, 2.75) is 6.92 Å². The number of pyridine rings is 1. The van der Waals surface area contributed by atoms with Crippen LogP contribution in [0.1, 0.15) is 15.9 Å². The maximum Gasteiger partial charge on any atom is 0.258 e. The first-order chi connectivity index (χ1) is 8.97. The standard InChI is InChI=1S/C13H9Br2ClN2O/c1-7-2-3-8(14)5-11(7)18-13(19)10-4-9(15)6-17-12(10)16/h2-6H,1H3,(H,18,19). The molecule has 1 amide bonds. The lowest BCUT2D eigenvalue weighted by atomic mass is 10.2. The summed E-state index contributed by atoms with van der Waals surface area (Å²) in [6.07, 6.45) is 1.55. The third kappa shape index (κ3) is 3.55. The van der Waals surface area contributed by atoms with Crippen LogP contribution in [0.3, 0.4) is 0 Å². The molecule has 1 aromatic heterocycles. The number of hydrogen-bond donors (Lipinski definition) is 1. The smallest absolute Gasteiger partial charge is 0.258 e. The van der Waals surface area contributed by atoms with E-state index in [2.05, 4.69) is 42.2 Å². The van der Waals surface area contributed by atoms with Crippen LogP contribution in [-0.4, -0.2) is 10.9 Å². The maximum atomic E-state index is 12.2. The molecule has 2 rings (SSSR count). The SMILES string of the molecule is Cc1ccc(Br)cc1NC(=O)c1cc(Br)cnc1Cl. The number of nitrogens with one attached hydrogen (secondary N) is 1. The predicted molar refractivity (Wildman–Crippen MR) is 83.8 cm³/mol. The molecule has 1 heterocycles. The molecule has 3 nitrogen and oxygen atoms in total. The normalized spacial score (nSPS) is 10.3. The number of benzene rings is 1. The maximum absolute atomic E-state index is 12.2. The van der Waals surface area contributed by atoms with Crippen LogP contribution in [-0.2, 0) is 0 Å². The molecule has 0 aliphatic rings. The van der Waals surface area contributed by atoms with Gasteiger partial charge in [-0.3, -0.25) is 4.79 Å². The van der Waals surface area contributed by atoms with E-state index in [4.69, 9.17) is 11.6 Å². The van der Waals surface area contributed by atoms with Crippen LogP contribution in [0.2, 0.25) is 5.15 Å². The van der Waals surface area contributed by atoms with Crippen LogP contribution in [0.15, 0.2) is 39.4 Å². The lowest BCUT2D eigenvalue weighted by molar-refractivity contribution is 0.102. The van der Waals surface area contributed by atoms with Gasteiger partial charge in [-0.1, -0.05) is 33.6 Å². The number of carbonyl (C=O) groups excluding carboxylic acids is 1. The molecule has 1 N–H and O–H groups in total. The fourth-order valence-electron chi connectivity index (χ4n) is 1.50. The first kappa shape index (κ1) is 14.5. The van der Waals surface area contributed by atoms with Crippen molar-refractivity contribution in [2.75, 3.05) is 5.32 Å². The molecular weight excluding hydrogens is 395 g/mol. The Morgan fingerprint density at radius 3 is 2.74 bits per heavy atom. The third-order valence-electron chi connectivity index (χ3n) is 2.50. The van der Waals surface area contributed by atoms with Crippen molar-refractivity contribution < 1.29 is 4.79 Å². The summed E-state index contributed by atoms with van der Waals surface area (Å²) < 4.78 is 1.60. The molecule has 0 unspecified atom stereocenters. The van der Waals surface area contributed by atoms with Gasteiger partial charge < -0.3 is 5.32 Å². The molecule has 1 aromatic carbocycles. The fraction of sp³-hybridized carbons (Fsp3) is 0.0769. The first-order valence-corrected chi connectivity index (χ1v) is 7.32. The number of aromatic nitrogens is 1. The Labute approximate surface area is 132 Å². The molecule has 0 aliphatic heterocycles. The minimum atomic E-state index is -0.292. The Kier molecular flexibility index (Phi) is 4.60. The number of halogens is 3. The van der Waals surface area contributed by atoms with E-state index >= 15 is 0 Å². The Bertz CT molecular complexity index is 647. The number of carbonyl (C=O) groups is 1. The summed E-state index contributed by atoms with van der Waals surface area (Å²) in [6.45, 7) is 1.92. The van der Waals surface area contributed by atoms with Crippen LogP contribution >= 0.6 is 43.5 Å². The predicted octanol–water partition coefficient (Wildman–Crippen LogP) is 4.82. The molecule has 0 spiro atoms. The summed E-state index contributed by atoms with van der Waals surface area (Å²) in [5.41, 5.74) is 2.03. The highest BCUT2D eigenvalue weighted by Crippen LogP contribution is 2.23. The number of rotatable bonds is 2. The van der Waals surface area contributed by atoms with Crippen molar-refractivity contribution in [2.24, 2.45) is 0 Å². The molecule has 0 saturated heterocycles. The van der Waals surface area contributed by atoms with Crippen LogP contribution in [0.5, 0.6) is 0 Å². The van der Waals surface area contributed by atoms with E-state index < -0.39 is 0 Å². The second-order valence-electron chi connectivity index (χ2n) is 3.91. The number of nitrogens with zero attached hydrogens (tertiary/aromatic N) is 1. The summed E-state index contributed by atoms with van der Waals surface area (Å²) in [7, 11) is 0. The van der Waals surface area contributed by atoms with E-state index in [-0.39, 0.29) is 11.1 Å². The van der Waals surface area contributed by atoms with Crippen molar-refractivity contribution in [1.29, 1.82) is 0 Å². The lowest BCUT2D eigenvalue weighted by Gasteiger charge is -2.09. The second-order valence-corrected chi connectivity index (χ2v) is 6.09. The number of anilines is 1. The van der Waals surface area contributed by atoms with Crippen molar-refractivity contribution in [1.82, 2.24) is 4.98 Å². The minimum absolute atomic E-state index is 0.174. The van der Waals surface area contributed by atoms with E-state index in [0.717, 1.165) is 15.7 Å². The quantitative estimate of drug-likeness (QED) is 0.729. The van der Waals surface area contributed by atoms with Crippen molar-refractivity contribution in [3.05, 3.63) is 55.7 Å². The van der Waals surface area contributed by atoms with Gasteiger partial charge in [0.2, 0.25) is 0 Å². The molecule has 0 fully saturated rings. The zero-order valence-electron chi connectivity index (χ0n) is 9.88. The van der Waals surface area contributed by atoms with Gasteiger partial charge in [0.1, 0.15) is 5.15 Å². The van der Waals surface area contributed by atoms with Gasteiger partial charge in [0, 0.05) is 20.8 Å².